The molecular formula is C28H24Cl2N2O5S. The quantitative estimate of drug-likeness (QED) is 0.280. The number of amides is 3. The molecule has 196 valence electrons. The van der Waals surface area contributed by atoms with E-state index in [1.54, 1.807) is 42.5 Å². The van der Waals surface area contributed by atoms with Crippen LogP contribution in [-0.2, 0) is 16.1 Å². The predicted octanol–water partition coefficient (Wildman–Crippen LogP) is 6.95. The minimum Gasteiger partial charge on any atom is -0.490 e. The lowest BCUT2D eigenvalue weighted by molar-refractivity contribution is -0.123. The minimum absolute atomic E-state index is 0.0412. The Morgan fingerprint density at radius 3 is 2.55 bits per heavy atom. The van der Waals surface area contributed by atoms with Gasteiger partial charge in [0.25, 0.3) is 17.1 Å². The molecule has 1 aliphatic rings. The van der Waals surface area contributed by atoms with Gasteiger partial charge in [0.2, 0.25) is 0 Å². The van der Waals surface area contributed by atoms with E-state index in [-0.39, 0.29) is 24.0 Å². The van der Waals surface area contributed by atoms with Gasteiger partial charge >= 0.3 is 0 Å². The van der Waals surface area contributed by atoms with Gasteiger partial charge in [-0.25, -0.2) is 0 Å². The molecule has 0 unspecified atom stereocenters. The van der Waals surface area contributed by atoms with E-state index in [4.69, 9.17) is 32.7 Å². The fourth-order valence-corrected chi connectivity index (χ4v) is 4.96. The van der Waals surface area contributed by atoms with Crippen LogP contribution in [-0.4, -0.2) is 35.2 Å². The molecule has 1 aliphatic heterocycles. The smallest absolute Gasteiger partial charge is 0.293 e. The Balaban J connectivity index is 1.46. The van der Waals surface area contributed by atoms with E-state index in [1.807, 2.05) is 38.1 Å². The second-order valence-electron chi connectivity index (χ2n) is 8.29. The summed E-state index contributed by atoms with van der Waals surface area (Å²) < 4.78 is 11.4. The van der Waals surface area contributed by atoms with Gasteiger partial charge < -0.3 is 14.8 Å². The first-order chi connectivity index (χ1) is 18.2. The first-order valence-electron chi connectivity index (χ1n) is 11.7. The lowest BCUT2D eigenvalue weighted by Gasteiger charge is -2.14. The van der Waals surface area contributed by atoms with Crippen LogP contribution in [0.3, 0.4) is 0 Å². The van der Waals surface area contributed by atoms with Crippen molar-refractivity contribution in [3.63, 3.8) is 0 Å². The minimum atomic E-state index is -0.419. The number of halogens is 2. The number of nitrogens with zero attached hydrogens (tertiary/aromatic N) is 1. The molecule has 0 saturated carbocycles. The first kappa shape index (κ1) is 27.6. The summed E-state index contributed by atoms with van der Waals surface area (Å²) in [6.07, 6.45) is 1.62. The van der Waals surface area contributed by atoms with Gasteiger partial charge in [-0.3, -0.25) is 19.3 Å². The van der Waals surface area contributed by atoms with Gasteiger partial charge in [0.15, 0.2) is 18.1 Å². The van der Waals surface area contributed by atoms with Crippen LogP contribution in [0.15, 0.2) is 65.6 Å². The summed E-state index contributed by atoms with van der Waals surface area (Å²) in [5.74, 6) is 0.0732. The maximum Gasteiger partial charge on any atom is 0.293 e. The third-order valence-electron chi connectivity index (χ3n) is 5.56. The Labute approximate surface area is 234 Å². The first-order valence-corrected chi connectivity index (χ1v) is 13.3. The number of hydrogen-bond acceptors (Lipinski definition) is 6. The molecule has 3 amide bonds. The number of thioether (sulfide) groups is 1. The molecule has 0 radical (unpaired) electrons. The van der Waals surface area contributed by atoms with Gasteiger partial charge in [0, 0.05) is 15.7 Å². The maximum absolute atomic E-state index is 13.0. The predicted molar refractivity (Wildman–Crippen MR) is 151 cm³/mol. The summed E-state index contributed by atoms with van der Waals surface area (Å²) in [5, 5.41) is 3.28. The van der Waals surface area contributed by atoms with Crippen molar-refractivity contribution in [2.75, 3.05) is 18.5 Å². The molecule has 0 atom stereocenters. The Bertz CT molecular complexity index is 1430. The summed E-state index contributed by atoms with van der Waals surface area (Å²) in [6, 6.07) is 17.5. The Hall–Kier alpha value is -3.46. The van der Waals surface area contributed by atoms with E-state index in [1.165, 1.54) is 0 Å². The van der Waals surface area contributed by atoms with E-state index < -0.39 is 11.1 Å². The van der Waals surface area contributed by atoms with Crippen LogP contribution in [0.4, 0.5) is 10.5 Å². The molecule has 1 fully saturated rings. The Morgan fingerprint density at radius 2 is 1.82 bits per heavy atom. The van der Waals surface area contributed by atoms with Gasteiger partial charge in [-0.2, -0.15) is 0 Å². The van der Waals surface area contributed by atoms with Crippen molar-refractivity contribution >= 4 is 63.8 Å². The number of hydrogen-bond donors (Lipinski definition) is 1. The van der Waals surface area contributed by atoms with Crippen LogP contribution in [0.2, 0.25) is 10.0 Å². The molecular weight excluding hydrogens is 547 g/mol. The molecule has 0 bridgehead atoms. The zero-order valence-corrected chi connectivity index (χ0v) is 23.0. The van der Waals surface area contributed by atoms with Crippen molar-refractivity contribution < 1.29 is 23.9 Å². The molecule has 0 aromatic heterocycles. The summed E-state index contributed by atoms with van der Waals surface area (Å²) in [5.41, 5.74) is 2.92. The van der Waals surface area contributed by atoms with Crippen LogP contribution < -0.4 is 14.8 Å². The number of benzene rings is 3. The van der Waals surface area contributed by atoms with Crippen molar-refractivity contribution in [1.82, 2.24) is 4.90 Å². The van der Waals surface area contributed by atoms with Gasteiger partial charge in [-0.1, -0.05) is 53.5 Å². The molecule has 0 spiro atoms. The molecule has 1 N–H and O–H groups in total. The number of imide groups is 1. The largest absolute Gasteiger partial charge is 0.490 e. The average Bonchev–Trinajstić information content (AvgIpc) is 3.14. The van der Waals surface area contributed by atoms with E-state index in [0.29, 0.717) is 45.0 Å². The van der Waals surface area contributed by atoms with E-state index in [0.717, 1.165) is 22.2 Å². The molecule has 0 aliphatic carbocycles. The van der Waals surface area contributed by atoms with Crippen LogP contribution in [0.1, 0.15) is 23.6 Å². The van der Waals surface area contributed by atoms with Crippen LogP contribution >= 0.6 is 35.0 Å². The second kappa shape index (κ2) is 12.4. The molecule has 4 rings (SSSR count). The third kappa shape index (κ3) is 6.69. The molecule has 10 heteroatoms. The average molecular weight is 571 g/mol. The molecule has 38 heavy (non-hydrogen) atoms. The topological polar surface area (TPSA) is 84.9 Å². The van der Waals surface area contributed by atoms with Crippen molar-refractivity contribution in [2.45, 2.75) is 20.4 Å². The molecule has 3 aromatic rings. The number of nitrogens with one attached hydrogen (secondary N) is 1. The summed E-state index contributed by atoms with van der Waals surface area (Å²) in [6.45, 7) is 3.94. The maximum atomic E-state index is 13.0. The van der Waals surface area contributed by atoms with Gasteiger partial charge in [-0.05, 0) is 78.7 Å². The molecule has 1 saturated heterocycles. The third-order valence-corrected chi connectivity index (χ3v) is 7.05. The SMILES string of the molecule is CCOc1cc(/C=C2\SC(=O)N(Cc3ccc(Cl)cc3Cl)C2=O)ccc1OCC(=O)Nc1ccccc1C. The monoisotopic (exact) mass is 570 g/mol. The fraction of sp³-hybridized carbons (Fsp3) is 0.179. The highest BCUT2D eigenvalue weighted by Gasteiger charge is 2.35. The number of carbonyl (C=O) groups is 3. The number of carbonyl (C=O) groups excluding carboxylic acids is 3. The van der Waals surface area contributed by atoms with E-state index in [2.05, 4.69) is 5.32 Å². The number of aryl methyl sites for hydroxylation is 1. The Morgan fingerprint density at radius 1 is 1.03 bits per heavy atom. The van der Waals surface area contributed by atoms with Gasteiger partial charge in [0.05, 0.1) is 18.1 Å². The zero-order chi connectivity index (χ0) is 27.2. The summed E-state index contributed by atoms with van der Waals surface area (Å²) in [4.78, 5) is 39.3. The highest BCUT2D eigenvalue weighted by molar-refractivity contribution is 8.18. The highest BCUT2D eigenvalue weighted by Crippen LogP contribution is 2.36. The number of para-hydroxylation sites is 1. The van der Waals surface area contributed by atoms with Gasteiger partial charge in [0.1, 0.15) is 0 Å². The van der Waals surface area contributed by atoms with Crippen molar-refractivity contribution in [3.05, 3.63) is 92.3 Å². The standard InChI is InChI=1S/C28H24Cl2N2O5S/c1-3-36-24-12-18(8-11-23(24)37-16-26(33)31-22-7-5-4-6-17(22)2)13-25-27(34)32(28(35)38-25)15-19-9-10-20(29)14-21(19)30/h4-14H,3,15-16H2,1-2H3,(H,31,33)/b25-13-. The molecule has 3 aromatic carbocycles. The molecule has 7 nitrogen and oxygen atoms in total. The Kier molecular flexibility index (Phi) is 8.99. The number of ether oxygens (including phenoxy) is 2. The van der Waals surface area contributed by atoms with E-state index in [9.17, 15) is 14.4 Å². The van der Waals surface area contributed by atoms with Crippen molar-refractivity contribution in [1.29, 1.82) is 0 Å². The lowest BCUT2D eigenvalue weighted by Crippen LogP contribution is -2.27. The van der Waals surface area contributed by atoms with E-state index >= 15 is 0 Å². The van der Waals surface area contributed by atoms with Crippen molar-refractivity contribution in [2.24, 2.45) is 0 Å². The van der Waals surface area contributed by atoms with Crippen LogP contribution in [0.5, 0.6) is 11.5 Å². The lowest BCUT2D eigenvalue weighted by atomic mass is 10.1. The number of rotatable bonds is 9. The highest BCUT2D eigenvalue weighted by atomic mass is 35.5. The second-order valence-corrected chi connectivity index (χ2v) is 10.1. The van der Waals surface area contributed by atoms with Crippen LogP contribution in [0.25, 0.3) is 6.08 Å². The zero-order valence-electron chi connectivity index (χ0n) is 20.6. The molecule has 1 heterocycles. The normalized spacial score (nSPS) is 14.2. The fourth-order valence-electron chi connectivity index (χ4n) is 3.65. The summed E-state index contributed by atoms with van der Waals surface area (Å²) in [7, 11) is 0. The number of anilines is 1. The van der Waals surface area contributed by atoms with Crippen LogP contribution in [0, 0.1) is 6.92 Å². The van der Waals surface area contributed by atoms with Crippen molar-refractivity contribution in [3.8, 4) is 11.5 Å². The summed E-state index contributed by atoms with van der Waals surface area (Å²) >= 11 is 13.0. The van der Waals surface area contributed by atoms with Gasteiger partial charge in [-0.15, -0.1) is 0 Å².